The molecule has 5 heteroatoms. The number of fused-ring (bicyclic) bond motifs is 1. The van der Waals surface area contributed by atoms with Crippen molar-refractivity contribution in [3.63, 3.8) is 0 Å². The Balaban J connectivity index is 2.00. The molecule has 0 N–H and O–H groups in total. The smallest absolute Gasteiger partial charge is 0.196 e. The predicted octanol–water partition coefficient (Wildman–Crippen LogP) is 3.94. The Morgan fingerprint density at radius 3 is 2.52 bits per heavy atom. The van der Waals surface area contributed by atoms with Crippen LogP contribution in [0.3, 0.4) is 0 Å². The largest absolute Gasteiger partial charge is 0.497 e. The Morgan fingerprint density at radius 1 is 1.04 bits per heavy atom. The first kappa shape index (κ1) is 19.0. The zero-order chi connectivity index (χ0) is 19.4. The van der Waals surface area contributed by atoms with Gasteiger partial charge < -0.3 is 18.9 Å². The third kappa shape index (κ3) is 3.83. The fourth-order valence-corrected chi connectivity index (χ4v) is 3.35. The summed E-state index contributed by atoms with van der Waals surface area (Å²) in [4.78, 5) is 12.9. The molecule has 142 valence electrons. The second kappa shape index (κ2) is 8.27. The lowest BCUT2D eigenvalue weighted by Gasteiger charge is -2.26. The van der Waals surface area contributed by atoms with E-state index in [2.05, 4.69) is 0 Å². The molecule has 2 aromatic rings. The molecule has 0 aliphatic heterocycles. The highest BCUT2D eigenvalue weighted by atomic mass is 16.5. The van der Waals surface area contributed by atoms with E-state index < -0.39 is 6.10 Å². The molecule has 0 heterocycles. The standard InChI is InChI=1S/C22H24O5/c1-5-27-19-9-6-14(11-20(19)25-3)10-16-12-15-13-17(24-2)7-8-18(15)21(23)22(16)26-4/h6-11,13,22H,5,12H2,1-4H3. The first-order valence-electron chi connectivity index (χ1n) is 8.86. The molecular formula is C22H24O5. The third-order valence-corrected chi connectivity index (χ3v) is 4.62. The number of carbonyl (C=O) groups is 1. The zero-order valence-corrected chi connectivity index (χ0v) is 16.1. The third-order valence-electron chi connectivity index (χ3n) is 4.62. The summed E-state index contributed by atoms with van der Waals surface area (Å²) in [6, 6.07) is 11.2. The number of rotatable bonds is 6. The predicted molar refractivity (Wildman–Crippen MR) is 104 cm³/mol. The van der Waals surface area contributed by atoms with Gasteiger partial charge in [-0.15, -0.1) is 0 Å². The summed E-state index contributed by atoms with van der Waals surface area (Å²) in [6.45, 7) is 2.49. The van der Waals surface area contributed by atoms with Gasteiger partial charge >= 0.3 is 0 Å². The van der Waals surface area contributed by atoms with E-state index >= 15 is 0 Å². The zero-order valence-electron chi connectivity index (χ0n) is 16.1. The Bertz CT molecular complexity index is 869. The fourth-order valence-electron chi connectivity index (χ4n) is 3.35. The summed E-state index contributed by atoms with van der Waals surface area (Å²) >= 11 is 0. The highest BCUT2D eigenvalue weighted by molar-refractivity contribution is 6.05. The number of ketones is 1. The van der Waals surface area contributed by atoms with Gasteiger partial charge in [-0.05, 0) is 60.4 Å². The molecule has 1 atom stereocenters. The van der Waals surface area contributed by atoms with Crippen molar-refractivity contribution >= 4 is 11.9 Å². The lowest BCUT2D eigenvalue weighted by molar-refractivity contribution is 0.0679. The van der Waals surface area contributed by atoms with Gasteiger partial charge in [0.25, 0.3) is 0 Å². The van der Waals surface area contributed by atoms with Crippen molar-refractivity contribution in [1.82, 2.24) is 0 Å². The molecule has 2 aromatic carbocycles. The number of hydrogen-bond donors (Lipinski definition) is 0. The summed E-state index contributed by atoms with van der Waals surface area (Å²) in [7, 11) is 4.79. The maximum Gasteiger partial charge on any atom is 0.196 e. The van der Waals surface area contributed by atoms with Crippen LogP contribution < -0.4 is 14.2 Å². The second-order valence-corrected chi connectivity index (χ2v) is 6.24. The number of ether oxygens (including phenoxy) is 4. The van der Waals surface area contributed by atoms with Gasteiger partial charge in [-0.25, -0.2) is 0 Å². The molecular weight excluding hydrogens is 344 g/mol. The molecule has 0 aromatic heterocycles. The molecule has 27 heavy (non-hydrogen) atoms. The number of Topliss-reactive ketones (excluding diaryl/α,β-unsaturated/α-hetero) is 1. The van der Waals surface area contributed by atoms with E-state index in [1.807, 2.05) is 37.3 Å². The van der Waals surface area contributed by atoms with Crippen molar-refractivity contribution in [2.75, 3.05) is 27.9 Å². The van der Waals surface area contributed by atoms with Crippen molar-refractivity contribution in [1.29, 1.82) is 0 Å². The highest BCUT2D eigenvalue weighted by Crippen LogP contribution is 2.33. The summed E-state index contributed by atoms with van der Waals surface area (Å²) in [5, 5.41) is 0. The van der Waals surface area contributed by atoms with E-state index in [9.17, 15) is 4.79 Å². The lowest BCUT2D eigenvalue weighted by atomic mass is 9.84. The maximum atomic E-state index is 12.9. The Morgan fingerprint density at radius 2 is 1.85 bits per heavy atom. The molecule has 1 aliphatic carbocycles. The molecule has 0 saturated carbocycles. The first-order valence-corrected chi connectivity index (χ1v) is 8.86. The van der Waals surface area contributed by atoms with Crippen LogP contribution in [0.2, 0.25) is 0 Å². The SMILES string of the molecule is CCOc1ccc(C=C2Cc3cc(OC)ccc3C(=O)C2OC)cc1OC. The molecule has 0 spiro atoms. The average molecular weight is 368 g/mol. The Labute approximate surface area is 159 Å². The monoisotopic (exact) mass is 368 g/mol. The molecule has 0 bridgehead atoms. The fraction of sp³-hybridized carbons (Fsp3) is 0.318. The van der Waals surface area contributed by atoms with E-state index in [1.54, 1.807) is 33.5 Å². The minimum atomic E-state index is -0.594. The van der Waals surface area contributed by atoms with E-state index in [-0.39, 0.29) is 5.78 Å². The second-order valence-electron chi connectivity index (χ2n) is 6.24. The summed E-state index contributed by atoms with van der Waals surface area (Å²) in [5.41, 5.74) is 3.45. The van der Waals surface area contributed by atoms with Gasteiger partial charge in [-0.3, -0.25) is 4.79 Å². The van der Waals surface area contributed by atoms with Gasteiger partial charge in [-0.2, -0.15) is 0 Å². The van der Waals surface area contributed by atoms with Gasteiger partial charge in [0.2, 0.25) is 0 Å². The maximum absolute atomic E-state index is 12.9. The van der Waals surface area contributed by atoms with Crippen LogP contribution in [-0.4, -0.2) is 39.8 Å². The average Bonchev–Trinajstić information content (AvgIpc) is 2.69. The van der Waals surface area contributed by atoms with Crippen LogP contribution in [0, 0.1) is 0 Å². The van der Waals surface area contributed by atoms with Gasteiger partial charge in [-0.1, -0.05) is 12.1 Å². The van der Waals surface area contributed by atoms with Gasteiger partial charge in [0.15, 0.2) is 17.3 Å². The molecule has 3 rings (SSSR count). The molecule has 1 aliphatic rings. The van der Waals surface area contributed by atoms with E-state index in [0.29, 0.717) is 30.1 Å². The normalized spacial score (nSPS) is 17.6. The van der Waals surface area contributed by atoms with Crippen molar-refractivity contribution in [2.45, 2.75) is 19.4 Å². The summed E-state index contributed by atoms with van der Waals surface area (Å²) in [5.74, 6) is 2.05. The number of hydrogen-bond acceptors (Lipinski definition) is 5. The van der Waals surface area contributed by atoms with E-state index in [1.165, 1.54) is 0 Å². The van der Waals surface area contributed by atoms with Crippen molar-refractivity contribution in [2.24, 2.45) is 0 Å². The van der Waals surface area contributed by atoms with Crippen LogP contribution in [0.1, 0.15) is 28.4 Å². The Hall–Kier alpha value is -2.79. The van der Waals surface area contributed by atoms with Crippen molar-refractivity contribution < 1.29 is 23.7 Å². The molecule has 5 nitrogen and oxygen atoms in total. The van der Waals surface area contributed by atoms with E-state index in [0.717, 1.165) is 22.4 Å². The van der Waals surface area contributed by atoms with Crippen molar-refractivity contribution in [3.8, 4) is 17.2 Å². The topological polar surface area (TPSA) is 54.0 Å². The molecule has 0 saturated heterocycles. The summed E-state index contributed by atoms with van der Waals surface area (Å²) < 4.78 is 21.8. The quantitative estimate of drug-likeness (QED) is 0.773. The summed E-state index contributed by atoms with van der Waals surface area (Å²) in [6.07, 6.45) is 2.00. The molecule has 0 amide bonds. The van der Waals surface area contributed by atoms with Crippen LogP contribution in [0.5, 0.6) is 17.2 Å². The van der Waals surface area contributed by atoms with Crippen LogP contribution in [0.25, 0.3) is 6.08 Å². The number of benzene rings is 2. The minimum absolute atomic E-state index is 0.0365. The highest BCUT2D eigenvalue weighted by Gasteiger charge is 2.31. The Kier molecular flexibility index (Phi) is 5.81. The van der Waals surface area contributed by atoms with Gasteiger partial charge in [0, 0.05) is 12.7 Å². The van der Waals surface area contributed by atoms with E-state index in [4.69, 9.17) is 18.9 Å². The number of carbonyl (C=O) groups excluding carboxylic acids is 1. The molecule has 0 fully saturated rings. The van der Waals surface area contributed by atoms with Crippen molar-refractivity contribution in [3.05, 3.63) is 58.7 Å². The molecule has 0 radical (unpaired) electrons. The minimum Gasteiger partial charge on any atom is -0.497 e. The van der Waals surface area contributed by atoms with Crippen LogP contribution in [0.4, 0.5) is 0 Å². The first-order chi connectivity index (χ1) is 13.1. The molecule has 1 unspecified atom stereocenters. The number of methoxy groups -OCH3 is 3. The van der Waals surface area contributed by atoms with Crippen LogP contribution in [-0.2, 0) is 11.2 Å². The van der Waals surface area contributed by atoms with Crippen LogP contribution in [0.15, 0.2) is 42.0 Å². The lowest BCUT2D eigenvalue weighted by Crippen LogP contribution is -2.31. The van der Waals surface area contributed by atoms with Gasteiger partial charge in [0.1, 0.15) is 11.9 Å². The van der Waals surface area contributed by atoms with Gasteiger partial charge in [0.05, 0.1) is 20.8 Å². The van der Waals surface area contributed by atoms with Crippen LogP contribution >= 0.6 is 0 Å².